The lowest BCUT2D eigenvalue weighted by Gasteiger charge is -2.30. The second-order valence-electron chi connectivity index (χ2n) is 4.72. The number of urea groups is 1. The largest absolute Gasteiger partial charge is 0.334 e. The quantitative estimate of drug-likeness (QED) is 0.882. The zero-order chi connectivity index (χ0) is 13.8. The van der Waals surface area contributed by atoms with Crippen LogP contribution in [0.3, 0.4) is 0 Å². The van der Waals surface area contributed by atoms with Gasteiger partial charge < -0.3 is 16.0 Å². The lowest BCUT2D eigenvalue weighted by molar-refractivity contribution is 0.181. The Morgan fingerprint density at radius 3 is 2.68 bits per heavy atom. The highest BCUT2D eigenvalue weighted by molar-refractivity contribution is 6.35. The predicted molar refractivity (Wildman–Crippen MR) is 77.5 cm³/mol. The second-order valence-corrected chi connectivity index (χ2v) is 5.56. The van der Waals surface area contributed by atoms with Crippen LogP contribution in [0.5, 0.6) is 0 Å². The average molecular weight is 302 g/mol. The molecule has 1 aliphatic heterocycles. The number of hydrogen-bond donors (Lipinski definition) is 2. The van der Waals surface area contributed by atoms with Gasteiger partial charge in [-0.1, -0.05) is 29.3 Å². The Kier molecular flexibility index (Phi) is 4.91. The number of halogens is 2. The summed E-state index contributed by atoms with van der Waals surface area (Å²) < 4.78 is 0. The molecule has 0 atom stereocenters. The van der Waals surface area contributed by atoms with E-state index in [1.807, 2.05) is 6.07 Å². The van der Waals surface area contributed by atoms with E-state index in [1.165, 1.54) is 0 Å². The van der Waals surface area contributed by atoms with E-state index < -0.39 is 0 Å². The molecule has 1 heterocycles. The molecule has 4 nitrogen and oxygen atoms in total. The molecule has 1 aliphatic rings. The summed E-state index contributed by atoms with van der Waals surface area (Å²) in [7, 11) is 0. The van der Waals surface area contributed by atoms with Crippen LogP contribution in [-0.4, -0.2) is 30.1 Å². The highest BCUT2D eigenvalue weighted by Crippen LogP contribution is 2.20. The van der Waals surface area contributed by atoms with Gasteiger partial charge >= 0.3 is 6.03 Å². The van der Waals surface area contributed by atoms with Gasteiger partial charge in [-0.2, -0.15) is 0 Å². The van der Waals surface area contributed by atoms with Gasteiger partial charge in [-0.3, -0.25) is 0 Å². The standard InChI is InChI=1S/C13H17Cl2N3O/c14-10-2-1-9(12(15)7-10)8-17-13(19)18-5-3-11(16)4-6-18/h1-2,7,11H,3-6,8,16H2,(H,17,19). The fraction of sp³-hybridized carbons (Fsp3) is 0.462. The molecule has 1 aromatic rings. The van der Waals surface area contributed by atoms with E-state index in [9.17, 15) is 4.79 Å². The van der Waals surface area contributed by atoms with Gasteiger partial charge in [0.05, 0.1) is 0 Å². The summed E-state index contributed by atoms with van der Waals surface area (Å²) in [5, 5.41) is 4.01. The van der Waals surface area contributed by atoms with Gasteiger partial charge in [-0.05, 0) is 30.5 Å². The maximum Gasteiger partial charge on any atom is 0.317 e. The highest BCUT2D eigenvalue weighted by atomic mass is 35.5. The number of benzene rings is 1. The Balaban J connectivity index is 1.86. The van der Waals surface area contributed by atoms with E-state index in [0.29, 0.717) is 29.7 Å². The Labute approximate surface area is 122 Å². The number of piperidine rings is 1. The van der Waals surface area contributed by atoms with Gasteiger partial charge in [-0.15, -0.1) is 0 Å². The van der Waals surface area contributed by atoms with Crippen LogP contribution in [-0.2, 0) is 6.54 Å². The minimum Gasteiger partial charge on any atom is -0.334 e. The molecule has 3 N–H and O–H groups in total. The first-order valence-electron chi connectivity index (χ1n) is 6.28. The Morgan fingerprint density at radius 1 is 1.37 bits per heavy atom. The van der Waals surface area contributed by atoms with Crippen molar-refractivity contribution in [2.24, 2.45) is 5.73 Å². The molecule has 0 radical (unpaired) electrons. The van der Waals surface area contributed by atoms with Crippen LogP contribution in [0.2, 0.25) is 10.0 Å². The molecule has 1 aromatic carbocycles. The summed E-state index contributed by atoms with van der Waals surface area (Å²) in [5.74, 6) is 0. The van der Waals surface area contributed by atoms with Gasteiger partial charge in [0.1, 0.15) is 0 Å². The molecule has 1 saturated heterocycles. The van der Waals surface area contributed by atoms with E-state index >= 15 is 0 Å². The van der Waals surface area contributed by atoms with Gasteiger partial charge in [-0.25, -0.2) is 4.79 Å². The zero-order valence-electron chi connectivity index (χ0n) is 10.5. The summed E-state index contributed by atoms with van der Waals surface area (Å²) in [5.41, 5.74) is 6.66. The number of nitrogens with zero attached hydrogens (tertiary/aromatic N) is 1. The molecule has 0 unspecified atom stereocenters. The lowest BCUT2D eigenvalue weighted by atomic mass is 10.1. The van der Waals surface area contributed by atoms with E-state index in [2.05, 4.69) is 5.32 Å². The zero-order valence-corrected chi connectivity index (χ0v) is 12.0. The number of nitrogens with one attached hydrogen (secondary N) is 1. The number of likely N-dealkylation sites (tertiary alicyclic amines) is 1. The first-order chi connectivity index (χ1) is 9.06. The molecule has 0 bridgehead atoms. The predicted octanol–water partition coefficient (Wildman–Crippen LogP) is 2.63. The molecule has 2 amide bonds. The van der Waals surface area contributed by atoms with E-state index in [4.69, 9.17) is 28.9 Å². The van der Waals surface area contributed by atoms with Crippen molar-refractivity contribution < 1.29 is 4.79 Å². The summed E-state index contributed by atoms with van der Waals surface area (Å²) >= 11 is 11.9. The van der Waals surface area contributed by atoms with E-state index in [0.717, 1.165) is 18.4 Å². The monoisotopic (exact) mass is 301 g/mol. The molecule has 104 valence electrons. The molecule has 0 aromatic heterocycles. The number of hydrogen-bond acceptors (Lipinski definition) is 2. The Hall–Kier alpha value is -0.970. The minimum absolute atomic E-state index is 0.0714. The summed E-state index contributed by atoms with van der Waals surface area (Å²) in [6.45, 7) is 1.82. The Morgan fingerprint density at radius 2 is 2.05 bits per heavy atom. The molecule has 0 aliphatic carbocycles. The lowest BCUT2D eigenvalue weighted by Crippen LogP contribution is -2.47. The maximum absolute atomic E-state index is 12.0. The molecule has 19 heavy (non-hydrogen) atoms. The topological polar surface area (TPSA) is 58.4 Å². The van der Waals surface area contributed by atoms with Crippen LogP contribution in [0.1, 0.15) is 18.4 Å². The van der Waals surface area contributed by atoms with Crippen LogP contribution in [0, 0.1) is 0 Å². The van der Waals surface area contributed by atoms with Crippen molar-refractivity contribution in [1.29, 1.82) is 0 Å². The third kappa shape index (κ3) is 4.00. The van der Waals surface area contributed by atoms with Crippen molar-refractivity contribution in [2.75, 3.05) is 13.1 Å². The minimum atomic E-state index is -0.0714. The van der Waals surface area contributed by atoms with Crippen molar-refractivity contribution in [1.82, 2.24) is 10.2 Å². The van der Waals surface area contributed by atoms with E-state index in [-0.39, 0.29) is 12.1 Å². The highest BCUT2D eigenvalue weighted by Gasteiger charge is 2.20. The van der Waals surface area contributed by atoms with Crippen LogP contribution in [0.15, 0.2) is 18.2 Å². The van der Waals surface area contributed by atoms with Crippen molar-refractivity contribution in [3.8, 4) is 0 Å². The van der Waals surface area contributed by atoms with Gasteiger partial charge in [0.25, 0.3) is 0 Å². The first kappa shape index (κ1) is 14.4. The van der Waals surface area contributed by atoms with Gasteiger partial charge in [0, 0.05) is 35.7 Å². The molecule has 0 saturated carbocycles. The van der Waals surface area contributed by atoms with Gasteiger partial charge in [0.2, 0.25) is 0 Å². The molecule has 2 rings (SSSR count). The van der Waals surface area contributed by atoms with Crippen molar-refractivity contribution in [2.45, 2.75) is 25.4 Å². The normalized spacial score (nSPS) is 16.5. The van der Waals surface area contributed by atoms with E-state index in [1.54, 1.807) is 17.0 Å². The molecular weight excluding hydrogens is 285 g/mol. The Bertz CT molecular complexity index is 459. The van der Waals surface area contributed by atoms with Crippen molar-refractivity contribution in [3.05, 3.63) is 33.8 Å². The van der Waals surface area contributed by atoms with Gasteiger partial charge in [0.15, 0.2) is 0 Å². The third-order valence-electron chi connectivity index (χ3n) is 3.27. The van der Waals surface area contributed by atoms with Crippen molar-refractivity contribution in [3.63, 3.8) is 0 Å². The number of nitrogens with two attached hydrogens (primary N) is 1. The fourth-order valence-corrected chi connectivity index (χ4v) is 2.53. The number of amides is 2. The number of carbonyl (C=O) groups is 1. The molecular formula is C13H17Cl2N3O. The number of carbonyl (C=O) groups excluding carboxylic acids is 1. The van der Waals surface area contributed by atoms with Crippen molar-refractivity contribution >= 4 is 29.2 Å². The van der Waals surface area contributed by atoms with Crippen LogP contribution >= 0.6 is 23.2 Å². The summed E-state index contributed by atoms with van der Waals surface area (Å²) in [6, 6.07) is 5.39. The number of rotatable bonds is 2. The summed E-state index contributed by atoms with van der Waals surface area (Å²) in [6.07, 6.45) is 1.71. The SMILES string of the molecule is NC1CCN(C(=O)NCc2ccc(Cl)cc2Cl)CC1. The average Bonchev–Trinajstić information content (AvgIpc) is 2.38. The molecule has 1 fully saturated rings. The van der Waals surface area contributed by atoms with Crippen LogP contribution in [0.25, 0.3) is 0 Å². The summed E-state index contributed by atoms with van der Waals surface area (Å²) in [4.78, 5) is 13.7. The van der Waals surface area contributed by atoms with Crippen LogP contribution in [0.4, 0.5) is 4.79 Å². The maximum atomic E-state index is 12.0. The fourth-order valence-electron chi connectivity index (χ4n) is 2.05. The molecule has 0 spiro atoms. The smallest absolute Gasteiger partial charge is 0.317 e. The third-order valence-corrected chi connectivity index (χ3v) is 3.86. The van der Waals surface area contributed by atoms with Crippen LogP contribution < -0.4 is 11.1 Å². The molecule has 6 heteroatoms. The second kappa shape index (κ2) is 6.46. The first-order valence-corrected chi connectivity index (χ1v) is 7.04.